The van der Waals surface area contributed by atoms with Crippen LogP contribution < -0.4 is 9.30 Å². The molecule has 5 heterocycles. The average molecular weight is 453 g/mol. The summed E-state index contributed by atoms with van der Waals surface area (Å²) in [7, 11) is 2.09. The maximum absolute atomic E-state index is 6.85. The van der Waals surface area contributed by atoms with Crippen LogP contribution in [0.15, 0.2) is 50.0 Å². The number of nitrogens with zero attached hydrogens (tertiary/aromatic N) is 1. The van der Waals surface area contributed by atoms with Gasteiger partial charge in [0.25, 0.3) is 5.78 Å². The number of fused-ring (bicyclic) bond motifs is 7. The summed E-state index contributed by atoms with van der Waals surface area (Å²) in [6.07, 6.45) is 4.76. The molecule has 5 nitrogen and oxygen atoms in total. The highest BCUT2D eigenvalue weighted by molar-refractivity contribution is 6.19. The van der Waals surface area contributed by atoms with Crippen molar-refractivity contribution in [3.63, 3.8) is 0 Å². The van der Waals surface area contributed by atoms with E-state index >= 15 is 0 Å². The molecule has 0 spiro atoms. The quantitative estimate of drug-likeness (QED) is 0.238. The van der Waals surface area contributed by atoms with E-state index < -0.39 is 0 Å². The van der Waals surface area contributed by atoms with Gasteiger partial charge in [-0.15, -0.1) is 0 Å². The lowest BCUT2D eigenvalue weighted by molar-refractivity contribution is -0.659. The minimum Gasteiger partial charge on any atom is -0.464 e. The van der Waals surface area contributed by atoms with Crippen molar-refractivity contribution in [2.24, 2.45) is 12.5 Å². The largest absolute Gasteiger partial charge is 0.464 e. The van der Waals surface area contributed by atoms with Gasteiger partial charge in [0.2, 0.25) is 5.69 Å². The first-order chi connectivity index (χ1) is 16.2. The Morgan fingerprint density at radius 1 is 0.912 bits per heavy atom. The van der Waals surface area contributed by atoms with E-state index in [0.717, 1.165) is 78.6 Å². The van der Waals surface area contributed by atoms with E-state index in [1.54, 1.807) is 6.26 Å². The third-order valence-corrected chi connectivity index (χ3v) is 7.00. The minimum absolute atomic E-state index is 0.0834. The molecule has 1 aliphatic heterocycles. The van der Waals surface area contributed by atoms with Gasteiger partial charge in [0, 0.05) is 33.4 Å². The molecule has 1 aliphatic rings. The fourth-order valence-corrected chi connectivity index (χ4v) is 5.65. The summed E-state index contributed by atoms with van der Waals surface area (Å²) < 4.78 is 27.1. The number of aromatic nitrogens is 1. The van der Waals surface area contributed by atoms with Crippen LogP contribution in [0.25, 0.3) is 55.1 Å². The Kier molecular flexibility index (Phi) is 3.61. The fraction of sp³-hybridized carbons (Fsp3) is 0.276. The Balaban J connectivity index is 1.66. The lowest BCUT2D eigenvalue weighted by Gasteiger charge is -2.26. The number of pyridine rings is 1. The number of furan rings is 3. The Morgan fingerprint density at radius 2 is 1.74 bits per heavy atom. The molecule has 4 aromatic heterocycles. The van der Waals surface area contributed by atoms with Crippen molar-refractivity contribution in [2.45, 2.75) is 41.0 Å². The molecule has 7 rings (SSSR count). The van der Waals surface area contributed by atoms with Gasteiger partial charge in [-0.1, -0.05) is 20.8 Å². The summed E-state index contributed by atoms with van der Waals surface area (Å²) in [5.74, 6) is 3.17. The monoisotopic (exact) mass is 452 g/mol. The highest BCUT2D eigenvalue weighted by Gasteiger charge is 2.36. The van der Waals surface area contributed by atoms with Crippen molar-refractivity contribution >= 4 is 43.9 Å². The van der Waals surface area contributed by atoms with E-state index in [9.17, 15) is 0 Å². The standard InChI is InChI=1S/C29H26NO4/c1-14-11-19-18-12-21-23-17(26(18)34-28(19)32-14)7-9-30(6)24(23)22-15(2)25-16(8-10-31-25)20(27(22)33-21)13-29(3,4)5/h7-12H,13H2,1-6H3/q+1. The molecule has 0 amide bonds. The molecule has 0 saturated carbocycles. The number of aryl methyl sites for hydroxylation is 3. The third kappa shape index (κ3) is 2.47. The summed E-state index contributed by atoms with van der Waals surface area (Å²) >= 11 is 0. The summed E-state index contributed by atoms with van der Waals surface area (Å²) in [5.41, 5.74) is 6.32. The van der Waals surface area contributed by atoms with Crippen molar-refractivity contribution in [3.05, 3.63) is 53.6 Å². The molecule has 0 radical (unpaired) electrons. The second kappa shape index (κ2) is 6.23. The zero-order valence-electron chi connectivity index (χ0n) is 20.3. The van der Waals surface area contributed by atoms with Gasteiger partial charge in [-0.3, -0.25) is 0 Å². The van der Waals surface area contributed by atoms with Crippen molar-refractivity contribution in [1.29, 1.82) is 0 Å². The second-order valence-electron chi connectivity index (χ2n) is 10.8. The molecule has 6 aromatic rings. The number of ether oxygens (including phenoxy) is 1. The zero-order valence-corrected chi connectivity index (χ0v) is 20.3. The molecule has 0 fully saturated rings. The van der Waals surface area contributed by atoms with Crippen LogP contribution in [0, 0.1) is 19.3 Å². The molecule has 5 heteroatoms. The van der Waals surface area contributed by atoms with Crippen molar-refractivity contribution < 1.29 is 22.6 Å². The smallest absolute Gasteiger partial charge is 0.298 e. The van der Waals surface area contributed by atoms with Crippen LogP contribution in [0.1, 0.15) is 37.7 Å². The summed E-state index contributed by atoms with van der Waals surface area (Å²) in [6.45, 7) is 10.8. The Labute approximate surface area is 196 Å². The molecule has 0 saturated heterocycles. The number of rotatable bonds is 1. The first kappa shape index (κ1) is 19.7. The van der Waals surface area contributed by atoms with Crippen LogP contribution in [0.5, 0.6) is 11.5 Å². The lowest BCUT2D eigenvalue weighted by atomic mass is 9.83. The minimum atomic E-state index is 0.0834. The number of hydrogen-bond acceptors (Lipinski definition) is 4. The predicted octanol–water partition coefficient (Wildman–Crippen LogP) is 7.88. The molecule has 170 valence electrons. The maximum atomic E-state index is 6.85. The highest BCUT2D eigenvalue weighted by Crippen LogP contribution is 2.53. The van der Waals surface area contributed by atoms with E-state index in [0.29, 0.717) is 5.78 Å². The van der Waals surface area contributed by atoms with E-state index in [1.165, 1.54) is 5.56 Å². The van der Waals surface area contributed by atoms with Gasteiger partial charge in [-0.25, -0.2) is 4.57 Å². The second-order valence-corrected chi connectivity index (χ2v) is 10.8. The number of benzene rings is 2. The molecule has 0 N–H and O–H groups in total. The summed E-state index contributed by atoms with van der Waals surface area (Å²) in [6, 6.07) is 8.32. The molecule has 2 aromatic carbocycles. The van der Waals surface area contributed by atoms with Crippen LogP contribution in [0.4, 0.5) is 0 Å². The maximum Gasteiger partial charge on any atom is 0.298 e. The molecule has 0 bridgehead atoms. The van der Waals surface area contributed by atoms with Gasteiger partial charge >= 0.3 is 0 Å². The first-order valence-corrected chi connectivity index (χ1v) is 11.7. The number of hydrogen-bond donors (Lipinski definition) is 0. The van der Waals surface area contributed by atoms with E-state index in [-0.39, 0.29) is 5.41 Å². The fourth-order valence-electron chi connectivity index (χ4n) is 5.65. The van der Waals surface area contributed by atoms with E-state index in [2.05, 4.69) is 63.7 Å². The predicted molar refractivity (Wildman–Crippen MR) is 133 cm³/mol. The molecule has 0 aliphatic carbocycles. The topological polar surface area (TPSA) is 52.5 Å². The van der Waals surface area contributed by atoms with Crippen LogP contribution in [0.2, 0.25) is 0 Å². The van der Waals surface area contributed by atoms with Crippen molar-refractivity contribution in [3.8, 4) is 22.8 Å². The Morgan fingerprint density at radius 3 is 2.53 bits per heavy atom. The van der Waals surface area contributed by atoms with E-state index in [4.69, 9.17) is 18.0 Å². The molecule has 34 heavy (non-hydrogen) atoms. The van der Waals surface area contributed by atoms with Crippen LogP contribution in [-0.2, 0) is 13.5 Å². The SMILES string of the molecule is Cc1cc2c(o1)oc1c3cc[n+](C)c4c3c(cc21)Oc1c-4c(C)c2occc2c1CC(C)(C)C. The van der Waals surface area contributed by atoms with Crippen LogP contribution >= 0.6 is 0 Å². The van der Waals surface area contributed by atoms with Gasteiger partial charge in [0.1, 0.15) is 40.9 Å². The summed E-state index contributed by atoms with van der Waals surface area (Å²) in [4.78, 5) is 0. The molecular formula is C29H26NO4+. The zero-order chi connectivity index (χ0) is 23.5. The van der Waals surface area contributed by atoms with Crippen LogP contribution in [-0.4, -0.2) is 0 Å². The lowest BCUT2D eigenvalue weighted by Crippen LogP contribution is -2.32. The normalized spacial score (nSPS) is 13.4. The van der Waals surface area contributed by atoms with Crippen LogP contribution in [0.3, 0.4) is 0 Å². The van der Waals surface area contributed by atoms with Crippen molar-refractivity contribution in [2.75, 3.05) is 0 Å². The van der Waals surface area contributed by atoms with Crippen molar-refractivity contribution in [1.82, 2.24) is 0 Å². The van der Waals surface area contributed by atoms with E-state index in [1.807, 2.05) is 13.0 Å². The van der Waals surface area contributed by atoms with Gasteiger partial charge in [-0.05, 0) is 43.9 Å². The summed E-state index contributed by atoms with van der Waals surface area (Å²) in [5, 5.41) is 5.18. The molecular weight excluding hydrogens is 426 g/mol. The van der Waals surface area contributed by atoms with Gasteiger partial charge in [0.05, 0.1) is 17.2 Å². The molecule has 0 unspecified atom stereocenters. The van der Waals surface area contributed by atoms with Gasteiger partial charge < -0.3 is 18.0 Å². The average Bonchev–Trinajstić information content (AvgIpc) is 3.47. The third-order valence-electron chi connectivity index (χ3n) is 7.00. The Hall–Kier alpha value is -3.73. The Bertz CT molecular complexity index is 1820. The van der Waals surface area contributed by atoms with Gasteiger partial charge in [0.15, 0.2) is 6.20 Å². The highest BCUT2D eigenvalue weighted by atomic mass is 16.5. The first-order valence-electron chi connectivity index (χ1n) is 11.7. The van der Waals surface area contributed by atoms with Gasteiger partial charge in [-0.2, -0.15) is 0 Å². The molecule has 0 atom stereocenters.